The Morgan fingerprint density at radius 2 is 0.618 bits per heavy atom. The molecule has 0 saturated carbocycles. The second-order valence-corrected chi connectivity index (χ2v) is 23.6. The Hall–Kier alpha value is -1.30. The fourth-order valence-electron chi connectivity index (χ4n) is 10.8. The summed E-state index contributed by atoms with van der Waals surface area (Å²) in [6.45, 7) is 16.5. The highest BCUT2D eigenvalue weighted by Crippen LogP contribution is 2.16. The Kier molecular flexibility index (Phi) is 61.8. The number of amides is 1. The van der Waals surface area contributed by atoms with Crippen LogP contribution in [0, 0.1) is 0 Å². The number of esters is 1. The van der Waals surface area contributed by atoms with Gasteiger partial charge < -0.3 is 40.7 Å². The lowest BCUT2D eigenvalue weighted by molar-refractivity contribution is -0.142. The van der Waals surface area contributed by atoms with E-state index in [0.717, 1.165) is 77.7 Å². The standard InChI is InChI=1S/C66H135N5O5/c1-5-9-13-17-21-25-29-31-34-38-42-46-52-70(61-63(72)57-67-59-65(74)69-51-45-41-37-33-27-23-19-15-11-7-3)54-48-49-55-71(53-47-43-39-35-32-30-26-22-18-14-10-6-2)62-64(73)58-68-60-66(75)76-56-50-44-40-36-28-24-20-16-12-8-4/h63-64,67-68,72-73H,5-62H2,1-4H3,(H,69,74). The highest BCUT2D eigenvalue weighted by Gasteiger charge is 2.16. The minimum Gasteiger partial charge on any atom is -0.465 e. The van der Waals surface area contributed by atoms with Crippen LogP contribution in [0.2, 0.25) is 0 Å². The molecule has 2 unspecified atom stereocenters. The first-order valence-corrected chi connectivity index (χ1v) is 34.0. The van der Waals surface area contributed by atoms with E-state index in [1.165, 1.54) is 250 Å². The number of rotatable bonds is 65. The summed E-state index contributed by atoms with van der Waals surface area (Å²) in [4.78, 5) is 30.0. The number of unbranched alkanes of at least 4 members (excludes halogenated alkanes) is 41. The molecule has 2 atom stereocenters. The molecule has 0 aliphatic rings. The molecule has 0 radical (unpaired) electrons. The molecule has 5 N–H and O–H groups in total. The number of hydrogen-bond acceptors (Lipinski definition) is 9. The van der Waals surface area contributed by atoms with Gasteiger partial charge in [0.15, 0.2) is 0 Å². The van der Waals surface area contributed by atoms with Crippen molar-refractivity contribution in [1.82, 2.24) is 25.8 Å². The highest BCUT2D eigenvalue weighted by molar-refractivity contribution is 5.77. The van der Waals surface area contributed by atoms with Crippen molar-refractivity contribution in [3.63, 3.8) is 0 Å². The molecule has 0 aromatic carbocycles. The summed E-state index contributed by atoms with van der Waals surface area (Å²) in [6.07, 6.45) is 58.3. The molecule has 0 bridgehead atoms. The van der Waals surface area contributed by atoms with Crippen molar-refractivity contribution in [2.24, 2.45) is 0 Å². The van der Waals surface area contributed by atoms with Gasteiger partial charge in [-0.3, -0.25) is 9.59 Å². The van der Waals surface area contributed by atoms with Gasteiger partial charge >= 0.3 is 5.97 Å². The molecule has 0 aromatic heterocycles. The maximum Gasteiger partial charge on any atom is 0.319 e. The van der Waals surface area contributed by atoms with E-state index in [0.29, 0.717) is 32.8 Å². The van der Waals surface area contributed by atoms with Gasteiger partial charge in [-0.15, -0.1) is 0 Å². The topological polar surface area (TPSA) is 126 Å². The normalized spacial score (nSPS) is 12.6. The predicted molar refractivity (Wildman–Crippen MR) is 330 cm³/mol. The van der Waals surface area contributed by atoms with Crippen LogP contribution in [0.4, 0.5) is 0 Å². The van der Waals surface area contributed by atoms with Crippen molar-refractivity contribution in [2.75, 3.05) is 78.6 Å². The molecule has 0 rings (SSSR count). The number of hydrogen-bond donors (Lipinski definition) is 5. The minimum absolute atomic E-state index is 0.0164. The third-order valence-corrected chi connectivity index (χ3v) is 15.7. The van der Waals surface area contributed by atoms with E-state index < -0.39 is 12.2 Å². The number of aliphatic hydroxyl groups excluding tert-OH is 2. The Morgan fingerprint density at radius 1 is 0.355 bits per heavy atom. The zero-order chi connectivity index (χ0) is 55.3. The number of carbonyl (C=O) groups is 2. The molecule has 0 spiro atoms. The van der Waals surface area contributed by atoms with Crippen LogP contribution in [0.5, 0.6) is 0 Å². The van der Waals surface area contributed by atoms with Crippen molar-refractivity contribution >= 4 is 11.9 Å². The molecule has 1 amide bonds. The summed E-state index contributed by atoms with van der Waals surface area (Å²) in [5.41, 5.74) is 0. The summed E-state index contributed by atoms with van der Waals surface area (Å²) in [5, 5.41) is 31.9. The smallest absolute Gasteiger partial charge is 0.319 e. The number of carbonyl (C=O) groups excluding carboxylic acids is 2. The average molecular weight is 1080 g/mol. The Balaban J connectivity index is 5.02. The van der Waals surface area contributed by atoms with Crippen molar-refractivity contribution in [1.29, 1.82) is 0 Å². The van der Waals surface area contributed by atoms with Crippen LogP contribution in [0.3, 0.4) is 0 Å². The Labute approximate surface area is 474 Å². The third-order valence-electron chi connectivity index (χ3n) is 15.7. The fourth-order valence-corrected chi connectivity index (χ4v) is 10.8. The molecule has 0 heterocycles. The maximum absolute atomic E-state index is 12.6. The quantitative estimate of drug-likeness (QED) is 0.0299. The van der Waals surface area contributed by atoms with Crippen molar-refractivity contribution < 1.29 is 24.5 Å². The number of ether oxygens (including phenoxy) is 1. The first kappa shape index (κ1) is 74.7. The monoisotopic (exact) mass is 1080 g/mol. The van der Waals surface area contributed by atoms with Gasteiger partial charge in [0.2, 0.25) is 5.91 Å². The van der Waals surface area contributed by atoms with Gasteiger partial charge in [0.25, 0.3) is 0 Å². The van der Waals surface area contributed by atoms with Gasteiger partial charge in [-0.25, -0.2) is 0 Å². The third kappa shape index (κ3) is 58.8. The van der Waals surface area contributed by atoms with Gasteiger partial charge in [0, 0.05) is 32.7 Å². The summed E-state index contributed by atoms with van der Waals surface area (Å²) < 4.78 is 5.51. The lowest BCUT2D eigenvalue weighted by Crippen LogP contribution is -2.42. The molecular weight excluding hydrogens is 943 g/mol. The molecule has 76 heavy (non-hydrogen) atoms. The van der Waals surface area contributed by atoms with Crippen LogP contribution in [-0.2, 0) is 14.3 Å². The number of nitrogens with one attached hydrogen (secondary N) is 3. The number of nitrogens with zero attached hydrogens (tertiary/aromatic N) is 2. The Morgan fingerprint density at radius 3 is 0.947 bits per heavy atom. The van der Waals surface area contributed by atoms with E-state index >= 15 is 0 Å². The first-order valence-electron chi connectivity index (χ1n) is 34.0. The largest absolute Gasteiger partial charge is 0.465 e. The van der Waals surface area contributed by atoms with E-state index in [9.17, 15) is 19.8 Å². The molecule has 0 aliphatic heterocycles. The van der Waals surface area contributed by atoms with E-state index in [-0.39, 0.29) is 25.0 Å². The summed E-state index contributed by atoms with van der Waals surface area (Å²) in [6, 6.07) is 0. The van der Waals surface area contributed by atoms with E-state index in [1.807, 2.05) is 0 Å². The molecule has 0 saturated heterocycles. The molecular formula is C66H135N5O5. The summed E-state index contributed by atoms with van der Waals surface area (Å²) in [5.74, 6) is -0.214. The van der Waals surface area contributed by atoms with Crippen LogP contribution >= 0.6 is 0 Å². The lowest BCUT2D eigenvalue weighted by Gasteiger charge is -2.27. The van der Waals surface area contributed by atoms with Crippen LogP contribution in [0.15, 0.2) is 0 Å². The van der Waals surface area contributed by atoms with E-state index in [4.69, 9.17) is 4.74 Å². The molecule has 0 aliphatic carbocycles. The first-order chi connectivity index (χ1) is 37.4. The van der Waals surface area contributed by atoms with Gasteiger partial charge in [0.1, 0.15) is 0 Å². The van der Waals surface area contributed by atoms with Crippen molar-refractivity contribution in [3.8, 4) is 0 Å². The van der Waals surface area contributed by atoms with Gasteiger partial charge in [-0.05, 0) is 64.7 Å². The van der Waals surface area contributed by atoms with Crippen LogP contribution in [-0.4, -0.2) is 123 Å². The second kappa shape index (κ2) is 62.9. The summed E-state index contributed by atoms with van der Waals surface area (Å²) in [7, 11) is 0. The maximum atomic E-state index is 12.6. The predicted octanol–water partition coefficient (Wildman–Crippen LogP) is 16.2. The zero-order valence-electron chi connectivity index (χ0n) is 51.7. The second-order valence-electron chi connectivity index (χ2n) is 23.6. The molecule has 10 heteroatoms. The summed E-state index contributed by atoms with van der Waals surface area (Å²) >= 11 is 0. The highest BCUT2D eigenvalue weighted by atomic mass is 16.5. The van der Waals surface area contributed by atoms with Gasteiger partial charge in [-0.1, -0.05) is 285 Å². The lowest BCUT2D eigenvalue weighted by atomic mass is 10.1. The van der Waals surface area contributed by atoms with Gasteiger partial charge in [-0.2, -0.15) is 0 Å². The average Bonchev–Trinajstić information content (AvgIpc) is 3.41. The minimum atomic E-state index is -0.557. The van der Waals surface area contributed by atoms with E-state index in [2.05, 4.69) is 53.4 Å². The Bertz CT molecular complexity index is 1060. The van der Waals surface area contributed by atoms with Crippen LogP contribution in [0.1, 0.15) is 323 Å². The van der Waals surface area contributed by atoms with Gasteiger partial charge in [0.05, 0.1) is 31.9 Å². The molecule has 454 valence electrons. The number of aliphatic hydroxyl groups is 2. The molecule has 0 aromatic rings. The SMILES string of the molecule is CCCCCCCCCCCCCCN(CCCCN(CCCCCCCCCCCCCC)CC(O)CNCC(=O)OCCCCCCCCCCCC)CC(O)CNCC(=O)NCCCCCCCCCCCC. The molecule has 10 nitrogen and oxygen atoms in total. The van der Waals surface area contributed by atoms with Crippen LogP contribution in [0.25, 0.3) is 0 Å². The van der Waals surface area contributed by atoms with Crippen molar-refractivity contribution in [3.05, 3.63) is 0 Å². The van der Waals surface area contributed by atoms with E-state index in [1.54, 1.807) is 0 Å². The fraction of sp³-hybridized carbons (Fsp3) is 0.970. The van der Waals surface area contributed by atoms with Crippen LogP contribution < -0.4 is 16.0 Å². The van der Waals surface area contributed by atoms with Crippen molar-refractivity contribution in [2.45, 2.75) is 335 Å². The molecule has 0 fully saturated rings. The zero-order valence-corrected chi connectivity index (χ0v) is 51.7.